The second-order valence-corrected chi connectivity index (χ2v) is 11.4. The molecule has 0 bridgehead atoms. The van der Waals surface area contributed by atoms with E-state index < -0.39 is 41.1 Å². The number of ether oxygens (including phenoxy) is 2. The molecule has 4 aromatic rings. The van der Waals surface area contributed by atoms with Gasteiger partial charge in [0.15, 0.2) is 11.5 Å². The Labute approximate surface area is 278 Å². The largest absolute Gasteiger partial charge is 0.493 e. The Kier molecular flexibility index (Phi) is 8.96. The number of carbonyl (C=O) groups is 3. The summed E-state index contributed by atoms with van der Waals surface area (Å²) in [4.78, 5) is 40.8. The molecule has 0 aromatic heterocycles. The van der Waals surface area contributed by atoms with Gasteiger partial charge in [-0.3, -0.25) is 19.3 Å². The first-order valence-electron chi connectivity index (χ1n) is 16.5. The number of nitrogens with zero attached hydrogens (tertiary/aromatic N) is 1. The van der Waals surface area contributed by atoms with Crippen molar-refractivity contribution in [2.45, 2.75) is 30.3 Å². The van der Waals surface area contributed by atoms with Crippen LogP contribution in [0.15, 0.2) is 97.1 Å². The van der Waals surface area contributed by atoms with Crippen molar-refractivity contribution >= 4 is 35.2 Å². The Morgan fingerprint density at radius 2 is 1.70 bits per heavy atom. The van der Waals surface area contributed by atoms with Crippen LogP contribution in [0.3, 0.4) is 0 Å². The van der Waals surface area contributed by atoms with Crippen molar-refractivity contribution in [3.63, 3.8) is 0 Å². The lowest BCUT2D eigenvalue weighted by molar-refractivity contribution is -0.121. The SMILES string of the molecule is [2H]C([2H])(C(=O)NC[C@H]1S[C@@H](c2ccc(C#Cc3ccccc3)cc2)N(c2cccc(C(N)=O)c2)C1=O)C([2H])([2H])c1ccc(OC)c(OCC)c1. The number of aryl methyl sites for hydroxylation is 1. The quantitative estimate of drug-likeness (QED) is 0.211. The van der Waals surface area contributed by atoms with Crippen LogP contribution in [-0.4, -0.2) is 43.2 Å². The Morgan fingerprint density at radius 1 is 0.957 bits per heavy atom. The summed E-state index contributed by atoms with van der Waals surface area (Å²) < 4.78 is 45.1. The zero-order chi connectivity index (χ0) is 36.1. The minimum absolute atomic E-state index is 0.120. The number of rotatable bonds is 11. The lowest BCUT2D eigenvalue weighted by Gasteiger charge is -2.24. The number of hydrogen-bond donors (Lipinski definition) is 2. The number of carbonyl (C=O) groups excluding carboxylic acids is 3. The Balaban J connectivity index is 1.38. The monoisotopic (exact) mass is 637 g/mol. The summed E-state index contributed by atoms with van der Waals surface area (Å²) in [6.45, 7) is 1.72. The third-order valence-electron chi connectivity index (χ3n) is 7.00. The van der Waals surface area contributed by atoms with Gasteiger partial charge in [0.25, 0.3) is 0 Å². The van der Waals surface area contributed by atoms with Gasteiger partial charge in [0.2, 0.25) is 17.7 Å². The zero-order valence-electron chi connectivity index (χ0n) is 29.3. The van der Waals surface area contributed by atoms with Crippen LogP contribution in [-0.2, 0) is 16.0 Å². The van der Waals surface area contributed by atoms with Gasteiger partial charge >= 0.3 is 0 Å². The Bertz CT molecular complexity index is 1950. The number of benzene rings is 4. The molecular formula is C37H35N3O5S. The molecule has 0 unspecified atom stereocenters. The first-order chi connectivity index (χ1) is 23.9. The first-order valence-corrected chi connectivity index (χ1v) is 15.5. The van der Waals surface area contributed by atoms with Crippen molar-refractivity contribution in [3.05, 3.63) is 125 Å². The van der Waals surface area contributed by atoms with E-state index in [0.29, 0.717) is 11.4 Å². The van der Waals surface area contributed by atoms with E-state index >= 15 is 0 Å². The fraction of sp³-hybridized carbons (Fsp3) is 0.216. The fourth-order valence-corrected chi connectivity index (χ4v) is 6.14. The summed E-state index contributed by atoms with van der Waals surface area (Å²) in [5.74, 6) is 4.52. The molecule has 3 amide bonds. The maximum absolute atomic E-state index is 14.0. The van der Waals surface area contributed by atoms with Crippen LogP contribution in [0.5, 0.6) is 11.5 Å². The molecular weight excluding hydrogens is 598 g/mol. The number of hydrogen-bond acceptors (Lipinski definition) is 6. The summed E-state index contributed by atoms with van der Waals surface area (Å²) in [6.07, 6.45) is -5.82. The van der Waals surface area contributed by atoms with Crippen LogP contribution >= 0.6 is 11.8 Å². The molecule has 1 heterocycles. The summed E-state index contributed by atoms with van der Waals surface area (Å²) in [5, 5.41) is 1.03. The molecule has 5 rings (SSSR count). The predicted molar refractivity (Wildman–Crippen MR) is 181 cm³/mol. The number of thioether (sulfide) groups is 1. The van der Waals surface area contributed by atoms with Gasteiger partial charge in [-0.15, -0.1) is 11.8 Å². The minimum atomic E-state index is -3.04. The number of nitrogens with one attached hydrogen (secondary N) is 1. The molecule has 1 aliphatic heterocycles. The van der Waals surface area contributed by atoms with Crippen LogP contribution in [0.25, 0.3) is 0 Å². The van der Waals surface area contributed by atoms with Crippen LogP contribution in [0.4, 0.5) is 5.69 Å². The van der Waals surface area contributed by atoms with Crippen molar-refractivity contribution in [1.82, 2.24) is 5.32 Å². The Hall–Kier alpha value is -5.20. The average molecular weight is 638 g/mol. The van der Waals surface area contributed by atoms with E-state index in [1.54, 1.807) is 25.1 Å². The first kappa shape index (κ1) is 27.1. The van der Waals surface area contributed by atoms with E-state index in [4.69, 9.17) is 20.7 Å². The van der Waals surface area contributed by atoms with Gasteiger partial charge in [-0.25, -0.2) is 0 Å². The topological polar surface area (TPSA) is 111 Å². The molecule has 46 heavy (non-hydrogen) atoms. The second-order valence-electron chi connectivity index (χ2n) is 10.1. The zero-order valence-corrected chi connectivity index (χ0v) is 26.1. The predicted octanol–water partition coefficient (Wildman–Crippen LogP) is 5.49. The molecule has 2 atom stereocenters. The molecule has 0 saturated carbocycles. The van der Waals surface area contributed by atoms with E-state index in [0.717, 1.165) is 16.7 Å². The van der Waals surface area contributed by atoms with Gasteiger partial charge in [-0.1, -0.05) is 54.3 Å². The van der Waals surface area contributed by atoms with Crippen molar-refractivity contribution in [2.75, 3.05) is 25.2 Å². The highest BCUT2D eigenvalue weighted by atomic mass is 32.2. The van der Waals surface area contributed by atoms with Crippen molar-refractivity contribution in [1.29, 1.82) is 0 Å². The highest BCUT2D eigenvalue weighted by molar-refractivity contribution is 8.01. The summed E-state index contributed by atoms with van der Waals surface area (Å²) in [5.41, 5.74) is 8.42. The number of nitrogens with two attached hydrogens (primary N) is 1. The highest BCUT2D eigenvalue weighted by Crippen LogP contribution is 2.45. The van der Waals surface area contributed by atoms with Gasteiger partial charge in [-0.2, -0.15) is 0 Å². The maximum atomic E-state index is 14.0. The van der Waals surface area contributed by atoms with Crippen molar-refractivity contribution in [2.24, 2.45) is 5.73 Å². The molecule has 1 aliphatic rings. The van der Waals surface area contributed by atoms with Crippen molar-refractivity contribution in [3.8, 4) is 23.3 Å². The maximum Gasteiger partial charge on any atom is 0.248 e. The smallest absolute Gasteiger partial charge is 0.248 e. The second kappa shape index (κ2) is 15.2. The molecule has 3 N–H and O–H groups in total. The van der Waals surface area contributed by atoms with Crippen LogP contribution in [0.1, 0.15) is 56.8 Å². The normalized spacial score (nSPS) is 17.4. The third kappa shape index (κ3) is 7.89. The standard InChI is InChI=1S/C37H35N3O5S/c1-3-45-32-22-27(16-20-31(32)44-2)17-21-34(41)39-24-33-36(43)40(30-11-7-10-29(23-30)35(38)42)37(46-33)28-18-14-26(15-19-28)13-12-25-8-5-4-6-9-25/h4-11,14-16,18-20,22-23,33,37H,3,17,21,24H2,1-2H3,(H2,38,42)(H,39,41)/t33-,37+/m1/s1/i17D2,21D2. The lowest BCUT2D eigenvalue weighted by atomic mass is 10.1. The molecule has 1 fully saturated rings. The average Bonchev–Trinajstić information content (AvgIpc) is 3.45. The number of primary amides is 1. The number of anilines is 1. The molecule has 9 heteroatoms. The highest BCUT2D eigenvalue weighted by Gasteiger charge is 2.42. The summed E-state index contributed by atoms with van der Waals surface area (Å²) in [7, 11) is 1.43. The third-order valence-corrected chi connectivity index (χ3v) is 8.44. The van der Waals surface area contributed by atoms with Gasteiger partial charge in [0.05, 0.1) is 13.7 Å². The van der Waals surface area contributed by atoms with E-state index in [-0.39, 0.29) is 30.0 Å². The van der Waals surface area contributed by atoms with Gasteiger partial charge in [-0.05, 0) is 79.0 Å². The van der Waals surface area contributed by atoms with E-state index in [1.165, 1.54) is 48.0 Å². The molecule has 234 valence electrons. The summed E-state index contributed by atoms with van der Waals surface area (Å²) >= 11 is 1.24. The summed E-state index contributed by atoms with van der Waals surface area (Å²) in [6, 6.07) is 27.4. The van der Waals surface area contributed by atoms with E-state index in [1.807, 2.05) is 54.6 Å². The fourth-order valence-electron chi connectivity index (χ4n) is 4.76. The molecule has 4 aromatic carbocycles. The lowest BCUT2D eigenvalue weighted by Crippen LogP contribution is -2.38. The van der Waals surface area contributed by atoms with Gasteiger partial charge in [0.1, 0.15) is 10.6 Å². The minimum Gasteiger partial charge on any atom is -0.493 e. The number of methoxy groups -OCH3 is 1. The number of amides is 3. The molecule has 8 nitrogen and oxygen atoms in total. The molecule has 0 spiro atoms. The van der Waals surface area contributed by atoms with Gasteiger partial charge < -0.3 is 20.5 Å². The van der Waals surface area contributed by atoms with E-state index in [9.17, 15) is 14.4 Å². The van der Waals surface area contributed by atoms with Gasteiger partial charge in [0, 0.05) is 40.8 Å². The van der Waals surface area contributed by atoms with Crippen LogP contribution in [0, 0.1) is 11.8 Å². The Morgan fingerprint density at radius 3 is 2.39 bits per heavy atom. The van der Waals surface area contributed by atoms with Crippen LogP contribution in [0.2, 0.25) is 0 Å². The van der Waals surface area contributed by atoms with Crippen LogP contribution < -0.4 is 25.4 Å². The van der Waals surface area contributed by atoms with E-state index in [2.05, 4.69) is 17.2 Å². The molecule has 0 aliphatic carbocycles. The van der Waals surface area contributed by atoms with Crippen molar-refractivity contribution < 1.29 is 29.3 Å². The molecule has 0 radical (unpaired) electrons. The molecule has 1 saturated heterocycles.